The molecule has 2 atom stereocenters. The largest absolute Gasteiger partial charge is 0.459 e. The predicted molar refractivity (Wildman–Crippen MR) is 214 cm³/mol. The number of nitrogens with one attached hydrogen (secondary N) is 1. The molecular formula is C48H35N3O. The lowest BCUT2D eigenvalue weighted by Crippen LogP contribution is -2.16. The van der Waals surface area contributed by atoms with Crippen LogP contribution in [0, 0.1) is 0 Å². The van der Waals surface area contributed by atoms with E-state index in [2.05, 4.69) is 180 Å². The second kappa shape index (κ2) is 12.6. The minimum absolute atomic E-state index is 0.0412. The van der Waals surface area contributed by atoms with Crippen molar-refractivity contribution in [1.29, 1.82) is 0 Å². The Balaban J connectivity index is 1.11. The van der Waals surface area contributed by atoms with Crippen molar-refractivity contribution in [2.75, 3.05) is 10.2 Å². The Morgan fingerprint density at radius 3 is 2.02 bits per heavy atom. The number of benzene rings is 6. The predicted octanol–water partition coefficient (Wildman–Crippen LogP) is 12.5. The van der Waals surface area contributed by atoms with E-state index in [1.54, 1.807) is 0 Å². The fourth-order valence-electron chi connectivity index (χ4n) is 7.94. The zero-order valence-electron chi connectivity index (χ0n) is 28.5. The van der Waals surface area contributed by atoms with Crippen molar-refractivity contribution >= 4 is 39.7 Å². The Bertz CT molecular complexity index is 2450. The van der Waals surface area contributed by atoms with Crippen LogP contribution in [0.5, 0.6) is 5.75 Å². The van der Waals surface area contributed by atoms with Gasteiger partial charge in [-0.1, -0.05) is 133 Å². The quantitative estimate of drug-likeness (QED) is 0.191. The smallest absolute Gasteiger partial charge is 0.155 e. The van der Waals surface area contributed by atoms with Crippen LogP contribution in [0.15, 0.2) is 182 Å². The van der Waals surface area contributed by atoms with Gasteiger partial charge in [-0.3, -0.25) is 4.98 Å². The number of pyridine rings is 1. The van der Waals surface area contributed by atoms with Crippen LogP contribution in [-0.2, 0) is 0 Å². The maximum Gasteiger partial charge on any atom is 0.155 e. The van der Waals surface area contributed by atoms with Gasteiger partial charge in [-0.2, -0.15) is 0 Å². The van der Waals surface area contributed by atoms with Gasteiger partial charge in [-0.25, -0.2) is 0 Å². The Hall–Kier alpha value is -6.65. The van der Waals surface area contributed by atoms with E-state index < -0.39 is 0 Å². The van der Waals surface area contributed by atoms with Crippen LogP contribution in [-0.4, -0.2) is 4.98 Å². The van der Waals surface area contributed by atoms with Gasteiger partial charge in [0.2, 0.25) is 0 Å². The lowest BCUT2D eigenvalue weighted by atomic mass is 9.85. The molecule has 248 valence electrons. The van der Waals surface area contributed by atoms with Gasteiger partial charge in [0, 0.05) is 34.4 Å². The van der Waals surface area contributed by atoms with E-state index in [0.717, 1.165) is 57.1 Å². The standard InChI is InChI=1S/C48H35N3O/c1-3-10-32(11-4-1)34-19-24-38(25-20-34)51(39-26-21-35(22-27-39)33-12-5-2-6-13-33)43-30-28-40(45-41-15-7-8-16-44(41)52-48(43)45)42-29-23-37-18-17-36-14-9-31-49-46(36)47(37)50-42/h1-14,16-31,41-42,50H,15H2. The van der Waals surface area contributed by atoms with E-state index in [0.29, 0.717) is 0 Å². The van der Waals surface area contributed by atoms with Crippen molar-refractivity contribution in [3.05, 3.63) is 199 Å². The number of nitrogens with zero attached hydrogens (tertiary/aromatic N) is 2. The van der Waals surface area contributed by atoms with Gasteiger partial charge in [0.1, 0.15) is 5.76 Å². The first-order chi connectivity index (χ1) is 25.8. The molecule has 52 heavy (non-hydrogen) atoms. The molecule has 0 radical (unpaired) electrons. The van der Waals surface area contributed by atoms with E-state index in [-0.39, 0.29) is 12.0 Å². The van der Waals surface area contributed by atoms with E-state index in [1.807, 2.05) is 12.3 Å². The highest BCUT2D eigenvalue weighted by molar-refractivity contribution is 5.96. The molecule has 6 aromatic carbocycles. The first-order valence-corrected chi connectivity index (χ1v) is 17.9. The van der Waals surface area contributed by atoms with Crippen LogP contribution in [0.25, 0.3) is 39.2 Å². The van der Waals surface area contributed by atoms with Crippen LogP contribution in [0.3, 0.4) is 0 Å². The maximum atomic E-state index is 6.93. The lowest BCUT2D eigenvalue weighted by Gasteiger charge is -2.30. The van der Waals surface area contributed by atoms with Gasteiger partial charge in [0.05, 0.1) is 22.9 Å². The summed E-state index contributed by atoms with van der Waals surface area (Å²) in [6, 6.07) is 51.7. The monoisotopic (exact) mass is 669 g/mol. The minimum Gasteiger partial charge on any atom is -0.459 e. The summed E-state index contributed by atoms with van der Waals surface area (Å²) in [6.07, 6.45) is 13.8. The lowest BCUT2D eigenvalue weighted by molar-refractivity contribution is 0.426. The molecule has 0 saturated heterocycles. The summed E-state index contributed by atoms with van der Waals surface area (Å²) in [4.78, 5) is 7.11. The number of rotatable bonds is 6. The first-order valence-electron chi connectivity index (χ1n) is 17.9. The van der Waals surface area contributed by atoms with Crippen molar-refractivity contribution in [3.63, 3.8) is 0 Å². The first kappa shape index (κ1) is 30.2. The highest BCUT2D eigenvalue weighted by Gasteiger charge is 2.38. The zero-order valence-corrected chi connectivity index (χ0v) is 28.5. The van der Waals surface area contributed by atoms with Gasteiger partial charge in [0.25, 0.3) is 0 Å². The number of anilines is 4. The molecular weight excluding hydrogens is 635 g/mol. The van der Waals surface area contributed by atoms with Crippen molar-refractivity contribution in [2.45, 2.75) is 18.4 Å². The third-order valence-corrected chi connectivity index (χ3v) is 10.5. The van der Waals surface area contributed by atoms with E-state index in [9.17, 15) is 0 Å². The Kier molecular flexibility index (Phi) is 7.31. The topological polar surface area (TPSA) is 37.4 Å². The Morgan fingerprint density at radius 1 is 0.654 bits per heavy atom. The molecule has 2 aliphatic heterocycles. The third kappa shape index (κ3) is 5.19. The minimum atomic E-state index is -0.0412. The van der Waals surface area contributed by atoms with Crippen molar-refractivity contribution in [1.82, 2.24) is 4.98 Å². The van der Waals surface area contributed by atoms with Crippen molar-refractivity contribution in [2.24, 2.45) is 0 Å². The van der Waals surface area contributed by atoms with Gasteiger partial charge in [0.15, 0.2) is 5.75 Å². The molecule has 1 aliphatic carbocycles. The highest BCUT2D eigenvalue weighted by atomic mass is 16.5. The van der Waals surface area contributed by atoms with Crippen LogP contribution < -0.4 is 15.0 Å². The molecule has 1 N–H and O–H groups in total. The number of ether oxygens (including phenoxy) is 1. The number of allylic oxidation sites excluding steroid dienone is 4. The molecule has 0 spiro atoms. The van der Waals surface area contributed by atoms with E-state index in [1.165, 1.54) is 33.4 Å². The molecule has 3 heterocycles. The number of hydrogen-bond acceptors (Lipinski definition) is 4. The maximum absolute atomic E-state index is 6.93. The third-order valence-electron chi connectivity index (χ3n) is 10.5. The molecule has 3 aliphatic rings. The molecule has 0 fully saturated rings. The summed E-state index contributed by atoms with van der Waals surface area (Å²) in [6.45, 7) is 0. The SMILES string of the molecule is C1=CCC2C(=C1)Oc1c(N(c3ccc(-c4ccccc4)cc3)c3ccc(-c4ccccc4)cc3)ccc(C3C=Cc4ccc5cccnc5c4N3)c12. The fraction of sp³-hybridized carbons (Fsp3) is 0.0625. The normalized spacial score (nSPS) is 16.7. The van der Waals surface area contributed by atoms with Gasteiger partial charge >= 0.3 is 0 Å². The molecule has 0 saturated carbocycles. The number of aromatic nitrogens is 1. The fourth-order valence-corrected chi connectivity index (χ4v) is 7.94. The van der Waals surface area contributed by atoms with Crippen LogP contribution in [0.2, 0.25) is 0 Å². The summed E-state index contributed by atoms with van der Waals surface area (Å²) in [7, 11) is 0. The van der Waals surface area contributed by atoms with Gasteiger partial charge < -0.3 is 15.0 Å². The molecule has 7 aromatic rings. The summed E-state index contributed by atoms with van der Waals surface area (Å²) in [5.74, 6) is 2.05. The summed E-state index contributed by atoms with van der Waals surface area (Å²) in [5, 5.41) is 5.01. The highest BCUT2D eigenvalue weighted by Crippen LogP contribution is 2.55. The Labute approximate surface area is 303 Å². The zero-order chi connectivity index (χ0) is 34.4. The van der Waals surface area contributed by atoms with E-state index >= 15 is 0 Å². The van der Waals surface area contributed by atoms with Gasteiger partial charge in [-0.15, -0.1) is 0 Å². The second-order valence-corrected chi connectivity index (χ2v) is 13.6. The molecule has 10 rings (SSSR count). The average molecular weight is 670 g/mol. The molecule has 2 unspecified atom stereocenters. The van der Waals surface area contributed by atoms with Gasteiger partial charge in [-0.05, 0) is 82.3 Å². The summed E-state index contributed by atoms with van der Waals surface area (Å²) < 4.78 is 6.93. The summed E-state index contributed by atoms with van der Waals surface area (Å²) in [5.41, 5.74) is 13.6. The molecule has 0 bridgehead atoms. The van der Waals surface area contributed by atoms with Crippen LogP contribution in [0.4, 0.5) is 22.7 Å². The number of fused-ring (bicyclic) bond motifs is 6. The summed E-state index contributed by atoms with van der Waals surface area (Å²) >= 11 is 0. The second-order valence-electron chi connectivity index (χ2n) is 13.6. The van der Waals surface area contributed by atoms with Crippen LogP contribution >= 0.6 is 0 Å². The van der Waals surface area contributed by atoms with Crippen molar-refractivity contribution < 1.29 is 4.74 Å². The molecule has 1 aromatic heterocycles. The number of hydrogen-bond donors (Lipinski definition) is 1. The van der Waals surface area contributed by atoms with E-state index in [4.69, 9.17) is 9.72 Å². The molecule has 4 heteroatoms. The van der Waals surface area contributed by atoms with Crippen molar-refractivity contribution in [3.8, 4) is 28.0 Å². The average Bonchev–Trinajstić information content (AvgIpc) is 3.62. The molecule has 0 amide bonds. The molecule has 4 nitrogen and oxygen atoms in total. The Morgan fingerprint density at radius 2 is 1.33 bits per heavy atom. The van der Waals surface area contributed by atoms with Crippen LogP contribution in [0.1, 0.15) is 35.1 Å².